The maximum Gasteiger partial charge on any atom is 0.308 e. The van der Waals surface area contributed by atoms with Crippen LogP contribution in [0.3, 0.4) is 0 Å². The number of carbonyl (C=O) groups is 3. The van der Waals surface area contributed by atoms with Gasteiger partial charge in [-0.15, -0.1) is 6.58 Å². The van der Waals surface area contributed by atoms with E-state index in [0.717, 1.165) is 0 Å². The van der Waals surface area contributed by atoms with E-state index >= 15 is 0 Å². The van der Waals surface area contributed by atoms with Crippen molar-refractivity contribution in [2.24, 2.45) is 22.7 Å². The van der Waals surface area contributed by atoms with Gasteiger partial charge in [0.25, 0.3) is 0 Å². The number of hydrogen-bond acceptors (Lipinski definition) is 8. The molecule has 2 fully saturated rings. The van der Waals surface area contributed by atoms with Crippen LogP contribution in [0.2, 0.25) is 0 Å². The molecule has 34 heavy (non-hydrogen) atoms. The van der Waals surface area contributed by atoms with Crippen LogP contribution in [0.1, 0.15) is 53.9 Å². The van der Waals surface area contributed by atoms with Crippen molar-refractivity contribution in [2.75, 3.05) is 13.2 Å². The van der Waals surface area contributed by atoms with Crippen LogP contribution in [0.15, 0.2) is 35.6 Å². The first-order chi connectivity index (χ1) is 15.8. The summed E-state index contributed by atoms with van der Waals surface area (Å²) in [6, 6.07) is 0. The summed E-state index contributed by atoms with van der Waals surface area (Å²) in [6.45, 7) is 12.0. The van der Waals surface area contributed by atoms with Gasteiger partial charge in [0.1, 0.15) is 23.9 Å². The molecule has 0 aromatic carbocycles. The Morgan fingerprint density at radius 2 is 2.00 bits per heavy atom. The second-order valence-electron chi connectivity index (χ2n) is 10.9. The molecular weight excluding hydrogens is 440 g/mol. The Bertz CT molecular complexity index is 1020. The predicted octanol–water partition coefficient (Wildman–Crippen LogP) is 2.95. The van der Waals surface area contributed by atoms with Crippen LogP contribution in [-0.2, 0) is 28.6 Å². The van der Waals surface area contributed by atoms with Crippen molar-refractivity contribution in [3.63, 3.8) is 0 Å². The van der Waals surface area contributed by atoms with Crippen molar-refractivity contribution in [1.29, 1.82) is 0 Å². The predicted molar refractivity (Wildman–Crippen MR) is 121 cm³/mol. The van der Waals surface area contributed by atoms with Gasteiger partial charge in [0.15, 0.2) is 5.76 Å². The van der Waals surface area contributed by atoms with E-state index < -0.39 is 63.5 Å². The standard InChI is InChI=1S/C26H34O8/c1-7-23(5)8-9-25-17(11-23)19(28)20(29)21-24(6,13-32-22(30)14(2)3)18(34-15(4)27)10-16(12-33-25)26(21,25)31/h7,11,14,16,18,29,31H,1,8-10,12-13H2,2-6H3. The molecule has 4 aliphatic rings. The highest BCUT2D eigenvalue weighted by molar-refractivity contribution is 6.11. The highest BCUT2D eigenvalue weighted by Gasteiger charge is 2.75. The van der Waals surface area contributed by atoms with E-state index in [0.29, 0.717) is 12.8 Å². The van der Waals surface area contributed by atoms with Crippen molar-refractivity contribution in [1.82, 2.24) is 0 Å². The summed E-state index contributed by atoms with van der Waals surface area (Å²) in [4.78, 5) is 37.9. The molecule has 4 rings (SSSR count). The minimum atomic E-state index is -1.73. The molecule has 0 radical (unpaired) electrons. The van der Waals surface area contributed by atoms with Crippen molar-refractivity contribution in [3.8, 4) is 0 Å². The number of ether oxygens (including phenoxy) is 3. The van der Waals surface area contributed by atoms with Crippen LogP contribution in [0.4, 0.5) is 0 Å². The summed E-state index contributed by atoms with van der Waals surface area (Å²) >= 11 is 0. The Labute approximate surface area is 199 Å². The molecule has 8 nitrogen and oxygen atoms in total. The highest BCUT2D eigenvalue weighted by Crippen LogP contribution is 2.66. The molecule has 0 aromatic rings. The summed E-state index contributed by atoms with van der Waals surface area (Å²) in [6.07, 6.45) is 3.81. The molecule has 0 aromatic heterocycles. The minimum absolute atomic E-state index is 0.0286. The van der Waals surface area contributed by atoms with Gasteiger partial charge in [-0.25, -0.2) is 0 Å². The summed E-state index contributed by atoms with van der Waals surface area (Å²) in [5, 5.41) is 23.7. The van der Waals surface area contributed by atoms with Gasteiger partial charge in [0, 0.05) is 29.4 Å². The first-order valence-corrected chi connectivity index (χ1v) is 11.8. The van der Waals surface area contributed by atoms with Crippen molar-refractivity contribution < 1.29 is 38.8 Å². The molecule has 1 spiro atoms. The van der Waals surface area contributed by atoms with E-state index in [1.54, 1.807) is 32.9 Å². The zero-order valence-electron chi connectivity index (χ0n) is 20.5. The van der Waals surface area contributed by atoms with Gasteiger partial charge in [-0.1, -0.05) is 32.9 Å². The van der Waals surface area contributed by atoms with Crippen LogP contribution >= 0.6 is 0 Å². The van der Waals surface area contributed by atoms with Crippen LogP contribution in [0.5, 0.6) is 0 Å². The molecule has 186 valence electrons. The van der Waals surface area contributed by atoms with Gasteiger partial charge in [-0.05, 0) is 26.2 Å². The van der Waals surface area contributed by atoms with E-state index in [2.05, 4.69) is 6.58 Å². The summed E-state index contributed by atoms with van der Waals surface area (Å²) < 4.78 is 17.4. The third kappa shape index (κ3) is 3.14. The largest absolute Gasteiger partial charge is 0.504 e. The number of aliphatic hydroxyl groups is 2. The topological polar surface area (TPSA) is 119 Å². The Hall–Kier alpha value is -2.45. The van der Waals surface area contributed by atoms with E-state index in [1.165, 1.54) is 6.92 Å². The average Bonchev–Trinajstić information content (AvgIpc) is 3.05. The summed E-state index contributed by atoms with van der Waals surface area (Å²) in [7, 11) is 0. The number of rotatable bonds is 5. The normalized spacial score (nSPS) is 40.9. The Balaban J connectivity index is 1.93. The fourth-order valence-corrected chi connectivity index (χ4v) is 6.24. The molecule has 0 bridgehead atoms. The van der Waals surface area contributed by atoms with E-state index in [4.69, 9.17) is 14.2 Å². The number of hydrogen-bond donors (Lipinski definition) is 2. The molecule has 1 saturated heterocycles. The lowest BCUT2D eigenvalue weighted by Crippen LogP contribution is -2.69. The molecule has 2 N–H and O–H groups in total. The van der Waals surface area contributed by atoms with E-state index in [9.17, 15) is 24.6 Å². The Kier molecular flexibility index (Phi) is 5.65. The lowest BCUT2D eigenvalue weighted by atomic mass is 9.49. The fraction of sp³-hybridized carbons (Fsp3) is 0.654. The Morgan fingerprint density at radius 1 is 1.32 bits per heavy atom. The molecule has 6 unspecified atom stereocenters. The maximum atomic E-state index is 13.6. The number of esters is 2. The monoisotopic (exact) mass is 474 g/mol. The fourth-order valence-electron chi connectivity index (χ4n) is 6.24. The minimum Gasteiger partial charge on any atom is -0.504 e. The first kappa shape index (κ1) is 24.7. The van der Waals surface area contributed by atoms with Gasteiger partial charge in [-0.3, -0.25) is 14.4 Å². The first-order valence-electron chi connectivity index (χ1n) is 11.8. The van der Waals surface area contributed by atoms with E-state index in [1.807, 2.05) is 6.92 Å². The summed E-state index contributed by atoms with van der Waals surface area (Å²) in [5.41, 5.74) is -4.65. The molecule has 1 heterocycles. The number of allylic oxidation sites excluding steroid dienone is 3. The molecule has 6 atom stereocenters. The maximum absolute atomic E-state index is 13.6. The number of Topliss-reactive ketones (excluding diaryl/α,β-unsaturated/α-hetero) is 1. The highest BCUT2D eigenvalue weighted by atomic mass is 16.6. The number of aliphatic hydroxyl groups excluding tert-OH is 1. The molecule has 1 saturated carbocycles. The zero-order valence-corrected chi connectivity index (χ0v) is 20.5. The Morgan fingerprint density at radius 3 is 2.59 bits per heavy atom. The lowest BCUT2D eigenvalue weighted by Gasteiger charge is -2.58. The third-order valence-corrected chi connectivity index (χ3v) is 8.28. The third-order valence-electron chi connectivity index (χ3n) is 8.28. The second kappa shape index (κ2) is 7.78. The zero-order chi connectivity index (χ0) is 25.3. The van der Waals surface area contributed by atoms with Crippen molar-refractivity contribution >= 4 is 17.7 Å². The quantitative estimate of drug-likeness (QED) is 0.461. The molecule has 8 heteroatoms. The van der Waals surface area contributed by atoms with Gasteiger partial charge >= 0.3 is 11.9 Å². The van der Waals surface area contributed by atoms with Crippen LogP contribution in [0, 0.1) is 22.7 Å². The smallest absolute Gasteiger partial charge is 0.308 e. The molecule has 1 aliphatic heterocycles. The van der Waals surface area contributed by atoms with Crippen molar-refractivity contribution in [2.45, 2.75) is 71.2 Å². The lowest BCUT2D eigenvalue weighted by molar-refractivity contribution is -0.180. The number of ketones is 1. The SMILES string of the molecule is C=CC1(C)C=C2C(=O)C(O)=C3C(C)(COC(=O)C(C)C)C(OC(C)=O)CC4COC2(CC1)C34O. The van der Waals surface area contributed by atoms with E-state index in [-0.39, 0.29) is 30.8 Å². The van der Waals surface area contributed by atoms with Crippen LogP contribution in [-0.4, -0.2) is 58.5 Å². The molecule has 3 aliphatic carbocycles. The van der Waals surface area contributed by atoms with Crippen LogP contribution in [0.25, 0.3) is 0 Å². The van der Waals surface area contributed by atoms with Gasteiger partial charge in [0.05, 0.1) is 17.9 Å². The van der Waals surface area contributed by atoms with Gasteiger partial charge in [0.2, 0.25) is 5.78 Å². The second-order valence-corrected chi connectivity index (χ2v) is 10.9. The number of carbonyl (C=O) groups excluding carboxylic acids is 3. The van der Waals surface area contributed by atoms with Gasteiger partial charge in [-0.2, -0.15) is 0 Å². The van der Waals surface area contributed by atoms with Crippen LogP contribution < -0.4 is 0 Å². The molecular formula is C26H34O8. The average molecular weight is 475 g/mol. The van der Waals surface area contributed by atoms with Gasteiger partial charge < -0.3 is 24.4 Å². The summed E-state index contributed by atoms with van der Waals surface area (Å²) in [5.74, 6) is -3.21. The molecule has 0 amide bonds. The van der Waals surface area contributed by atoms with Crippen molar-refractivity contribution in [3.05, 3.63) is 35.6 Å².